The molecule has 0 amide bonds. The molecule has 2 rings (SSSR count). The minimum absolute atomic E-state index is 0.183. The van der Waals surface area contributed by atoms with Gasteiger partial charge in [-0.25, -0.2) is 0 Å². The summed E-state index contributed by atoms with van der Waals surface area (Å²) < 4.78 is 21.7. The molecule has 2 saturated heterocycles. The maximum atomic E-state index is 10.7. The number of ether oxygens (including phenoxy) is 4. The number of morpholine rings is 2. The van der Waals surface area contributed by atoms with Gasteiger partial charge in [0.25, 0.3) is 0 Å². The van der Waals surface area contributed by atoms with Crippen LogP contribution < -0.4 is 0 Å². The Morgan fingerprint density at radius 3 is 2.57 bits per heavy atom. The van der Waals surface area contributed by atoms with E-state index in [0.29, 0.717) is 19.8 Å². The predicted octanol–water partition coefficient (Wildman–Crippen LogP) is -0.443. The predicted molar refractivity (Wildman–Crippen MR) is 76.0 cm³/mol. The minimum Gasteiger partial charge on any atom is -0.465 e. The Kier molecular flexibility index (Phi) is 7.38. The normalized spacial score (nSPS) is 24.9. The monoisotopic (exact) mass is 302 g/mol. The number of carbonyl (C=O) groups excluding carboxylic acids is 1. The first kappa shape index (κ1) is 16.6. The molecule has 0 radical (unpaired) electrons. The van der Waals surface area contributed by atoms with Crippen LogP contribution in [0, 0.1) is 0 Å². The second-order valence-electron chi connectivity index (χ2n) is 5.27. The second kappa shape index (κ2) is 9.32. The highest BCUT2D eigenvalue weighted by Crippen LogP contribution is 2.07. The highest BCUT2D eigenvalue weighted by molar-refractivity contribution is 5.65. The third-order valence-corrected chi connectivity index (χ3v) is 3.65. The Balaban J connectivity index is 1.56. The molecular formula is C14H26N2O5. The first-order chi connectivity index (χ1) is 10.2. The van der Waals surface area contributed by atoms with Gasteiger partial charge in [-0.1, -0.05) is 0 Å². The molecule has 21 heavy (non-hydrogen) atoms. The van der Waals surface area contributed by atoms with Crippen LogP contribution in [-0.4, -0.2) is 94.4 Å². The molecule has 0 aromatic heterocycles. The number of carbonyl (C=O) groups is 1. The highest BCUT2D eigenvalue weighted by Gasteiger charge is 2.21. The first-order valence-electron chi connectivity index (χ1n) is 7.63. The smallest absolute Gasteiger partial charge is 0.302 e. The molecule has 0 spiro atoms. The van der Waals surface area contributed by atoms with Crippen molar-refractivity contribution in [3.63, 3.8) is 0 Å². The summed E-state index contributed by atoms with van der Waals surface area (Å²) >= 11 is 0. The van der Waals surface area contributed by atoms with Crippen LogP contribution in [0.5, 0.6) is 0 Å². The fourth-order valence-corrected chi connectivity index (χ4v) is 2.43. The zero-order valence-electron chi connectivity index (χ0n) is 12.8. The van der Waals surface area contributed by atoms with E-state index < -0.39 is 0 Å². The van der Waals surface area contributed by atoms with E-state index in [4.69, 9.17) is 18.9 Å². The van der Waals surface area contributed by atoms with Crippen molar-refractivity contribution in [2.75, 3.05) is 72.3 Å². The third kappa shape index (κ3) is 6.71. The molecule has 122 valence electrons. The standard InChI is InChI=1S/C14H26N2O5/c1-13(17)19-9-5-16-6-11-21-14(12-16)20-10-4-15-2-7-18-8-3-15/h14H,2-12H2,1H3. The van der Waals surface area contributed by atoms with Crippen LogP contribution >= 0.6 is 0 Å². The minimum atomic E-state index is -0.235. The topological polar surface area (TPSA) is 60.5 Å². The van der Waals surface area contributed by atoms with E-state index in [1.54, 1.807) is 0 Å². The molecule has 2 heterocycles. The fourth-order valence-electron chi connectivity index (χ4n) is 2.43. The lowest BCUT2D eigenvalue weighted by Gasteiger charge is -2.33. The molecule has 1 atom stereocenters. The van der Waals surface area contributed by atoms with E-state index in [0.717, 1.165) is 52.5 Å². The van der Waals surface area contributed by atoms with Crippen LogP contribution in [0.3, 0.4) is 0 Å². The zero-order valence-corrected chi connectivity index (χ0v) is 12.8. The molecule has 0 aromatic rings. The molecule has 0 N–H and O–H groups in total. The summed E-state index contributed by atoms with van der Waals surface area (Å²) in [6.07, 6.45) is -0.183. The molecule has 0 saturated carbocycles. The summed E-state index contributed by atoms with van der Waals surface area (Å²) in [6.45, 7) is 9.97. The van der Waals surface area contributed by atoms with Gasteiger partial charge in [0, 0.05) is 46.2 Å². The SMILES string of the molecule is CC(=O)OCCN1CCOC(OCCN2CCOCC2)C1. The molecule has 7 nitrogen and oxygen atoms in total. The van der Waals surface area contributed by atoms with Crippen molar-refractivity contribution in [2.45, 2.75) is 13.2 Å². The lowest BCUT2D eigenvalue weighted by atomic mass is 10.4. The number of rotatable bonds is 7. The van der Waals surface area contributed by atoms with Crippen LogP contribution in [-0.2, 0) is 23.7 Å². The van der Waals surface area contributed by atoms with Gasteiger partial charge in [-0.2, -0.15) is 0 Å². The van der Waals surface area contributed by atoms with Crippen LogP contribution in [0.4, 0.5) is 0 Å². The van der Waals surface area contributed by atoms with E-state index in [1.165, 1.54) is 6.92 Å². The third-order valence-electron chi connectivity index (χ3n) is 3.65. The Bertz CT molecular complexity index is 310. The van der Waals surface area contributed by atoms with Gasteiger partial charge in [0.1, 0.15) is 6.61 Å². The highest BCUT2D eigenvalue weighted by atomic mass is 16.7. The Morgan fingerprint density at radius 2 is 1.81 bits per heavy atom. The van der Waals surface area contributed by atoms with Crippen LogP contribution in [0.1, 0.15) is 6.92 Å². The van der Waals surface area contributed by atoms with E-state index >= 15 is 0 Å². The van der Waals surface area contributed by atoms with Crippen LogP contribution in [0.2, 0.25) is 0 Å². The van der Waals surface area contributed by atoms with Crippen molar-refractivity contribution in [1.82, 2.24) is 9.80 Å². The van der Waals surface area contributed by atoms with Crippen LogP contribution in [0.25, 0.3) is 0 Å². The second-order valence-corrected chi connectivity index (χ2v) is 5.27. The summed E-state index contributed by atoms with van der Waals surface area (Å²) in [5.41, 5.74) is 0. The van der Waals surface area contributed by atoms with E-state index in [1.807, 2.05) is 0 Å². The Morgan fingerprint density at radius 1 is 1.10 bits per heavy atom. The average Bonchev–Trinajstić information content (AvgIpc) is 2.48. The Labute approximate surface area is 126 Å². The van der Waals surface area contributed by atoms with Crippen molar-refractivity contribution in [2.24, 2.45) is 0 Å². The molecule has 0 bridgehead atoms. The maximum Gasteiger partial charge on any atom is 0.302 e. The fraction of sp³-hybridized carbons (Fsp3) is 0.929. The molecular weight excluding hydrogens is 276 g/mol. The van der Waals surface area contributed by atoms with Crippen molar-refractivity contribution in [1.29, 1.82) is 0 Å². The maximum absolute atomic E-state index is 10.7. The van der Waals surface area contributed by atoms with Gasteiger partial charge in [-0.3, -0.25) is 14.6 Å². The molecule has 0 aliphatic carbocycles. The van der Waals surface area contributed by atoms with Gasteiger partial charge < -0.3 is 18.9 Å². The van der Waals surface area contributed by atoms with Crippen molar-refractivity contribution in [3.05, 3.63) is 0 Å². The van der Waals surface area contributed by atoms with Gasteiger partial charge in [0.2, 0.25) is 0 Å². The number of esters is 1. The van der Waals surface area contributed by atoms with Gasteiger partial charge in [-0.05, 0) is 0 Å². The van der Waals surface area contributed by atoms with Crippen molar-refractivity contribution in [3.8, 4) is 0 Å². The van der Waals surface area contributed by atoms with Gasteiger partial charge in [-0.15, -0.1) is 0 Å². The van der Waals surface area contributed by atoms with E-state index in [-0.39, 0.29) is 12.3 Å². The van der Waals surface area contributed by atoms with Gasteiger partial charge in [0.15, 0.2) is 6.29 Å². The summed E-state index contributed by atoms with van der Waals surface area (Å²) in [7, 11) is 0. The average molecular weight is 302 g/mol. The molecule has 2 fully saturated rings. The molecule has 7 heteroatoms. The molecule has 2 aliphatic rings. The van der Waals surface area contributed by atoms with Crippen molar-refractivity contribution < 1.29 is 23.7 Å². The summed E-state index contributed by atoms with van der Waals surface area (Å²) in [4.78, 5) is 15.3. The summed E-state index contributed by atoms with van der Waals surface area (Å²) in [6, 6.07) is 0. The number of hydrogen-bond acceptors (Lipinski definition) is 7. The van der Waals surface area contributed by atoms with Gasteiger partial charge >= 0.3 is 5.97 Å². The molecule has 0 aromatic carbocycles. The Hall–Kier alpha value is -0.730. The van der Waals surface area contributed by atoms with Crippen LogP contribution in [0.15, 0.2) is 0 Å². The molecule has 2 aliphatic heterocycles. The number of hydrogen-bond donors (Lipinski definition) is 0. The van der Waals surface area contributed by atoms with E-state index in [2.05, 4.69) is 9.80 Å². The zero-order chi connectivity index (χ0) is 14.9. The summed E-state index contributed by atoms with van der Waals surface area (Å²) in [5, 5.41) is 0. The first-order valence-corrected chi connectivity index (χ1v) is 7.63. The lowest BCUT2D eigenvalue weighted by molar-refractivity contribution is -0.183. The summed E-state index contributed by atoms with van der Waals surface area (Å²) in [5.74, 6) is -0.235. The lowest BCUT2D eigenvalue weighted by Crippen LogP contribution is -2.46. The number of nitrogens with zero attached hydrogens (tertiary/aromatic N) is 2. The molecule has 1 unspecified atom stereocenters. The van der Waals surface area contributed by atoms with E-state index in [9.17, 15) is 4.79 Å². The van der Waals surface area contributed by atoms with Crippen molar-refractivity contribution >= 4 is 5.97 Å². The van der Waals surface area contributed by atoms with Gasteiger partial charge in [0.05, 0.1) is 26.4 Å². The quantitative estimate of drug-likeness (QED) is 0.591. The largest absolute Gasteiger partial charge is 0.465 e.